The first-order valence-electron chi connectivity index (χ1n) is 8.76. The van der Waals surface area contributed by atoms with Crippen LogP contribution in [0.5, 0.6) is 5.75 Å². The Morgan fingerprint density at radius 3 is 2.72 bits per heavy atom. The van der Waals surface area contributed by atoms with E-state index in [0.29, 0.717) is 24.8 Å². The highest BCUT2D eigenvalue weighted by atomic mass is 16.5. The molecule has 2 N–H and O–H groups in total. The summed E-state index contributed by atoms with van der Waals surface area (Å²) in [4.78, 5) is 21.0. The molecule has 0 aliphatic heterocycles. The molecule has 0 saturated carbocycles. The molecule has 0 saturated heterocycles. The van der Waals surface area contributed by atoms with E-state index in [4.69, 9.17) is 4.74 Å². The summed E-state index contributed by atoms with van der Waals surface area (Å²) in [7, 11) is 0. The zero-order chi connectivity index (χ0) is 18.1. The van der Waals surface area contributed by atoms with Crippen LogP contribution in [0, 0.1) is 6.92 Å². The Morgan fingerprint density at radius 2 is 1.96 bits per heavy atom. The summed E-state index contributed by atoms with van der Waals surface area (Å²) in [6.45, 7) is 7.13. The lowest BCUT2D eigenvalue weighted by Gasteiger charge is -2.12. The SMILES string of the molecule is CCCCCNC(=O)c1cc(C)nc(Nc2ccccc2OCC)n1. The number of benzene rings is 1. The van der Waals surface area contributed by atoms with Gasteiger partial charge in [-0.25, -0.2) is 9.97 Å². The van der Waals surface area contributed by atoms with Crippen molar-refractivity contribution >= 4 is 17.5 Å². The molecule has 0 atom stereocenters. The summed E-state index contributed by atoms with van der Waals surface area (Å²) in [5, 5.41) is 6.04. The van der Waals surface area contributed by atoms with Gasteiger partial charge in [-0.05, 0) is 38.5 Å². The summed E-state index contributed by atoms with van der Waals surface area (Å²) in [5.41, 5.74) is 1.86. The molecule has 0 fully saturated rings. The molecule has 25 heavy (non-hydrogen) atoms. The fourth-order valence-corrected chi connectivity index (χ4v) is 2.38. The lowest BCUT2D eigenvalue weighted by Crippen LogP contribution is -2.26. The van der Waals surface area contributed by atoms with Gasteiger partial charge in [-0.15, -0.1) is 0 Å². The molecule has 2 rings (SSSR count). The van der Waals surface area contributed by atoms with Crippen molar-refractivity contribution < 1.29 is 9.53 Å². The Balaban J connectivity index is 2.12. The zero-order valence-electron chi connectivity index (χ0n) is 15.1. The second kappa shape index (κ2) is 9.61. The number of hydrogen-bond donors (Lipinski definition) is 2. The van der Waals surface area contributed by atoms with Crippen molar-refractivity contribution in [3.8, 4) is 5.75 Å². The van der Waals surface area contributed by atoms with Crippen molar-refractivity contribution in [2.45, 2.75) is 40.0 Å². The highest BCUT2D eigenvalue weighted by Gasteiger charge is 2.11. The van der Waals surface area contributed by atoms with E-state index in [9.17, 15) is 4.79 Å². The number of hydrogen-bond acceptors (Lipinski definition) is 5. The van der Waals surface area contributed by atoms with Gasteiger partial charge in [-0.2, -0.15) is 0 Å². The van der Waals surface area contributed by atoms with E-state index < -0.39 is 0 Å². The van der Waals surface area contributed by atoms with Gasteiger partial charge in [0.2, 0.25) is 5.95 Å². The Bertz CT molecular complexity index is 704. The number of nitrogens with one attached hydrogen (secondary N) is 2. The third kappa shape index (κ3) is 5.74. The molecular formula is C19H26N4O2. The minimum absolute atomic E-state index is 0.178. The summed E-state index contributed by atoms with van der Waals surface area (Å²) < 4.78 is 5.60. The molecular weight excluding hydrogens is 316 g/mol. The van der Waals surface area contributed by atoms with E-state index in [1.165, 1.54) is 0 Å². The standard InChI is InChI=1S/C19H26N4O2/c1-4-6-9-12-20-18(24)16-13-14(3)21-19(23-16)22-15-10-7-8-11-17(15)25-5-2/h7-8,10-11,13H,4-6,9,12H2,1-3H3,(H,20,24)(H,21,22,23). The molecule has 6 nitrogen and oxygen atoms in total. The molecule has 0 bridgehead atoms. The van der Waals surface area contributed by atoms with Crippen molar-refractivity contribution in [1.29, 1.82) is 0 Å². The van der Waals surface area contributed by atoms with Crippen molar-refractivity contribution in [1.82, 2.24) is 15.3 Å². The lowest BCUT2D eigenvalue weighted by molar-refractivity contribution is 0.0948. The molecule has 1 aromatic carbocycles. The summed E-state index contributed by atoms with van der Waals surface area (Å²) in [6.07, 6.45) is 3.19. The third-order valence-electron chi connectivity index (χ3n) is 3.59. The third-order valence-corrected chi connectivity index (χ3v) is 3.59. The molecule has 0 unspecified atom stereocenters. The second-order valence-corrected chi connectivity index (χ2v) is 5.74. The summed E-state index contributed by atoms with van der Waals surface area (Å²) >= 11 is 0. The van der Waals surface area contributed by atoms with Crippen LogP contribution in [0.2, 0.25) is 0 Å². The maximum Gasteiger partial charge on any atom is 0.270 e. The van der Waals surface area contributed by atoms with Crippen LogP contribution in [-0.4, -0.2) is 29.0 Å². The van der Waals surface area contributed by atoms with Crippen molar-refractivity contribution in [3.05, 3.63) is 41.7 Å². The Hall–Kier alpha value is -2.63. The van der Waals surface area contributed by atoms with Crippen LogP contribution in [0.25, 0.3) is 0 Å². The first-order chi connectivity index (χ1) is 12.1. The van der Waals surface area contributed by atoms with Gasteiger partial charge < -0.3 is 15.4 Å². The first kappa shape index (κ1) is 18.7. The molecule has 134 valence electrons. The smallest absolute Gasteiger partial charge is 0.270 e. The lowest BCUT2D eigenvalue weighted by atomic mass is 10.2. The van der Waals surface area contributed by atoms with E-state index in [2.05, 4.69) is 27.5 Å². The molecule has 0 aliphatic carbocycles. The van der Waals surface area contributed by atoms with Gasteiger partial charge in [0, 0.05) is 12.2 Å². The summed E-state index contributed by atoms with van der Waals surface area (Å²) in [6, 6.07) is 9.27. The number of unbranched alkanes of at least 4 members (excludes halogenated alkanes) is 2. The van der Waals surface area contributed by atoms with E-state index >= 15 is 0 Å². The maximum atomic E-state index is 12.3. The van der Waals surface area contributed by atoms with Crippen LogP contribution >= 0.6 is 0 Å². The Labute approximate surface area is 149 Å². The monoisotopic (exact) mass is 342 g/mol. The molecule has 0 aliphatic rings. The number of aromatic nitrogens is 2. The average molecular weight is 342 g/mol. The van der Waals surface area contributed by atoms with Gasteiger partial charge in [0.15, 0.2) is 0 Å². The fourth-order valence-electron chi connectivity index (χ4n) is 2.38. The van der Waals surface area contributed by atoms with Gasteiger partial charge in [0.25, 0.3) is 5.91 Å². The largest absolute Gasteiger partial charge is 0.492 e. The molecule has 1 heterocycles. The zero-order valence-corrected chi connectivity index (χ0v) is 15.1. The molecule has 1 aromatic heterocycles. The van der Waals surface area contributed by atoms with Crippen molar-refractivity contribution in [2.75, 3.05) is 18.5 Å². The van der Waals surface area contributed by atoms with E-state index in [-0.39, 0.29) is 5.91 Å². The summed E-state index contributed by atoms with van der Waals surface area (Å²) in [5.74, 6) is 0.925. The molecule has 1 amide bonds. The number of para-hydroxylation sites is 2. The Kier molecular flexibility index (Phi) is 7.19. The minimum atomic E-state index is -0.178. The van der Waals surface area contributed by atoms with Gasteiger partial charge in [-0.3, -0.25) is 4.79 Å². The van der Waals surface area contributed by atoms with Gasteiger partial charge in [0.1, 0.15) is 11.4 Å². The van der Waals surface area contributed by atoms with Crippen LogP contribution in [0.1, 0.15) is 49.3 Å². The predicted octanol–water partition coefficient (Wildman–Crippen LogP) is 3.85. The van der Waals surface area contributed by atoms with Crippen LogP contribution in [0.15, 0.2) is 30.3 Å². The van der Waals surface area contributed by atoms with E-state index in [1.807, 2.05) is 38.1 Å². The Morgan fingerprint density at radius 1 is 1.16 bits per heavy atom. The van der Waals surface area contributed by atoms with Crippen LogP contribution < -0.4 is 15.4 Å². The minimum Gasteiger partial charge on any atom is -0.492 e. The number of carbonyl (C=O) groups is 1. The van der Waals surface area contributed by atoms with E-state index in [0.717, 1.165) is 36.4 Å². The van der Waals surface area contributed by atoms with Gasteiger partial charge in [-0.1, -0.05) is 31.9 Å². The highest BCUT2D eigenvalue weighted by Crippen LogP contribution is 2.26. The number of anilines is 2. The van der Waals surface area contributed by atoms with Crippen LogP contribution in [0.3, 0.4) is 0 Å². The molecule has 2 aromatic rings. The van der Waals surface area contributed by atoms with Crippen molar-refractivity contribution in [3.63, 3.8) is 0 Å². The van der Waals surface area contributed by atoms with E-state index in [1.54, 1.807) is 6.07 Å². The maximum absolute atomic E-state index is 12.3. The van der Waals surface area contributed by atoms with Gasteiger partial charge >= 0.3 is 0 Å². The quantitative estimate of drug-likeness (QED) is 0.677. The second-order valence-electron chi connectivity index (χ2n) is 5.74. The van der Waals surface area contributed by atoms with Crippen molar-refractivity contribution in [2.24, 2.45) is 0 Å². The van der Waals surface area contributed by atoms with Gasteiger partial charge in [0.05, 0.1) is 12.3 Å². The average Bonchev–Trinajstić information content (AvgIpc) is 2.60. The number of rotatable bonds is 9. The number of nitrogens with zero attached hydrogens (tertiary/aromatic N) is 2. The first-order valence-corrected chi connectivity index (χ1v) is 8.76. The predicted molar refractivity (Wildman–Crippen MR) is 99.5 cm³/mol. The number of ether oxygens (including phenoxy) is 1. The number of amides is 1. The normalized spacial score (nSPS) is 10.4. The molecule has 0 radical (unpaired) electrons. The topological polar surface area (TPSA) is 76.1 Å². The number of aryl methyl sites for hydroxylation is 1. The molecule has 0 spiro atoms. The van der Waals surface area contributed by atoms with Crippen LogP contribution in [-0.2, 0) is 0 Å². The number of carbonyl (C=O) groups excluding carboxylic acids is 1. The highest BCUT2D eigenvalue weighted by molar-refractivity contribution is 5.92. The molecule has 6 heteroatoms. The van der Waals surface area contributed by atoms with Crippen LogP contribution in [0.4, 0.5) is 11.6 Å². The fraction of sp³-hybridized carbons (Fsp3) is 0.421.